The average molecular weight is 264 g/mol. The van der Waals surface area contributed by atoms with Crippen LogP contribution in [-0.2, 0) is 5.41 Å². The number of rotatable bonds is 3. The summed E-state index contributed by atoms with van der Waals surface area (Å²) in [5, 5.41) is 10.5. The zero-order valence-corrected chi connectivity index (χ0v) is 11.7. The number of nitrogens with zero attached hydrogens (tertiary/aromatic N) is 2. The summed E-state index contributed by atoms with van der Waals surface area (Å²) < 4.78 is 0. The van der Waals surface area contributed by atoms with E-state index in [9.17, 15) is 5.11 Å². The first kappa shape index (κ1) is 12.4. The van der Waals surface area contributed by atoms with E-state index in [0.29, 0.717) is 6.61 Å². The predicted molar refractivity (Wildman–Crippen MR) is 72.7 cm³/mol. The molecule has 3 nitrogen and oxygen atoms in total. The SMILES string of the molecule is CSc1nccc(C23CCC(CO)(CC2)CC3)n1. The summed E-state index contributed by atoms with van der Waals surface area (Å²) in [5.74, 6) is 0. The molecule has 1 heterocycles. The first-order valence-corrected chi connectivity index (χ1v) is 7.93. The molecule has 4 heteroatoms. The van der Waals surface area contributed by atoms with Crippen LogP contribution in [0.15, 0.2) is 17.4 Å². The number of hydrogen-bond acceptors (Lipinski definition) is 4. The number of hydrogen-bond donors (Lipinski definition) is 1. The molecule has 0 aromatic carbocycles. The number of aromatic nitrogens is 2. The molecule has 3 aliphatic rings. The fourth-order valence-corrected chi connectivity index (χ4v) is 3.98. The van der Waals surface area contributed by atoms with Crippen molar-refractivity contribution in [3.8, 4) is 0 Å². The molecule has 0 unspecified atom stereocenters. The van der Waals surface area contributed by atoms with Gasteiger partial charge < -0.3 is 5.11 Å². The molecule has 3 fully saturated rings. The van der Waals surface area contributed by atoms with Crippen molar-refractivity contribution < 1.29 is 5.11 Å². The quantitative estimate of drug-likeness (QED) is 0.673. The number of fused-ring (bicyclic) bond motifs is 3. The molecule has 0 spiro atoms. The Bertz CT molecular complexity index is 425. The highest BCUT2D eigenvalue weighted by Crippen LogP contribution is 2.57. The third-order valence-corrected chi connectivity index (χ3v) is 5.66. The van der Waals surface area contributed by atoms with Gasteiger partial charge in [-0.1, -0.05) is 11.8 Å². The highest BCUT2D eigenvalue weighted by molar-refractivity contribution is 7.98. The van der Waals surface area contributed by atoms with E-state index in [4.69, 9.17) is 4.98 Å². The van der Waals surface area contributed by atoms with E-state index in [2.05, 4.69) is 11.1 Å². The van der Waals surface area contributed by atoms with Crippen LogP contribution >= 0.6 is 11.8 Å². The van der Waals surface area contributed by atoms with Crippen molar-refractivity contribution in [1.82, 2.24) is 9.97 Å². The van der Waals surface area contributed by atoms with Gasteiger partial charge in [-0.2, -0.15) is 0 Å². The topological polar surface area (TPSA) is 46.0 Å². The molecule has 1 aromatic heterocycles. The maximum Gasteiger partial charge on any atom is 0.187 e. The van der Waals surface area contributed by atoms with Gasteiger partial charge in [0.25, 0.3) is 0 Å². The van der Waals surface area contributed by atoms with Crippen LogP contribution in [-0.4, -0.2) is 27.9 Å². The van der Waals surface area contributed by atoms with Crippen LogP contribution in [0.4, 0.5) is 0 Å². The van der Waals surface area contributed by atoms with E-state index in [1.165, 1.54) is 25.0 Å². The number of aliphatic hydroxyl groups excluding tert-OH is 1. The molecule has 2 bridgehead atoms. The molecule has 3 saturated carbocycles. The van der Waals surface area contributed by atoms with Crippen LogP contribution in [0.3, 0.4) is 0 Å². The van der Waals surface area contributed by atoms with Crippen molar-refractivity contribution in [3.63, 3.8) is 0 Å². The molecule has 0 atom stereocenters. The summed E-state index contributed by atoms with van der Waals surface area (Å²) in [7, 11) is 0. The fraction of sp³-hybridized carbons (Fsp3) is 0.714. The Labute approximate surface area is 112 Å². The lowest BCUT2D eigenvalue weighted by Gasteiger charge is -2.52. The van der Waals surface area contributed by atoms with Crippen molar-refractivity contribution in [2.24, 2.45) is 5.41 Å². The Morgan fingerprint density at radius 3 is 2.44 bits per heavy atom. The summed E-state index contributed by atoms with van der Waals surface area (Å²) in [6.45, 7) is 0.364. The van der Waals surface area contributed by atoms with Crippen LogP contribution in [0, 0.1) is 5.41 Å². The van der Waals surface area contributed by atoms with Gasteiger partial charge in [-0.3, -0.25) is 0 Å². The second-order valence-electron chi connectivity index (χ2n) is 5.87. The van der Waals surface area contributed by atoms with E-state index in [1.54, 1.807) is 11.8 Å². The lowest BCUT2D eigenvalue weighted by Crippen LogP contribution is -2.46. The number of thioether (sulfide) groups is 1. The maximum atomic E-state index is 9.57. The number of aliphatic hydroxyl groups is 1. The molecule has 0 amide bonds. The van der Waals surface area contributed by atoms with Crippen molar-refractivity contribution in [1.29, 1.82) is 0 Å². The Hall–Kier alpha value is -0.610. The smallest absolute Gasteiger partial charge is 0.187 e. The summed E-state index contributed by atoms with van der Waals surface area (Å²) >= 11 is 1.61. The van der Waals surface area contributed by atoms with Crippen LogP contribution in [0.1, 0.15) is 44.2 Å². The molecule has 1 N–H and O–H groups in total. The lowest BCUT2D eigenvalue weighted by atomic mass is 9.53. The molecule has 18 heavy (non-hydrogen) atoms. The standard InChI is InChI=1S/C14H20N2OS/c1-18-12-15-9-2-11(16-12)14-6-3-13(10-17,4-7-14)5-8-14/h2,9,17H,3-8,10H2,1H3. The van der Waals surface area contributed by atoms with Crippen LogP contribution in [0.2, 0.25) is 0 Å². The van der Waals surface area contributed by atoms with Crippen molar-refractivity contribution >= 4 is 11.8 Å². The van der Waals surface area contributed by atoms with Gasteiger partial charge in [-0.05, 0) is 56.3 Å². The zero-order valence-electron chi connectivity index (χ0n) is 10.9. The van der Waals surface area contributed by atoms with Crippen LogP contribution in [0.25, 0.3) is 0 Å². The predicted octanol–water partition coefficient (Wildman–Crippen LogP) is 2.78. The lowest BCUT2D eigenvalue weighted by molar-refractivity contribution is -0.00851. The van der Waals surface area contributed by atoms with E-state index < -0.39 is 0 Å². The Kier molecular flexibility index (Phi) is 3.10. The largest absolute Gasteiger partial charge is 0.396 e. The minimum absolute atomic E-state index is 0.233. The fourth-order valence-electron chi connectivity index (χ4n) is 3.62. The summed E-state index contributed by atoms with van der Waals surface area (Å²) in [6, 6.07) is 2.09. The molecule has 0 aliphatic heterocycles. The summed E-state index contributed by atoms with van der Waals surface area (Å²) in [6.07, 6.45) is 10.9. The van der Waals surface area contributed by atoms with Gasteiger partial charge in [-0.25, -0.2) is 9.97 Å². The maximum absolute atomic E-state index is 9.57. The summed E-state index contributed by atoms with van der Waals surface area (Å²) in [4.78, 5) is 8.99. The van der Waals surface area contributed by atoms with Crippen molar-refractivity contribution in [2.45, 2.75) is 49.1 Å². The molecule has 3 aliphatic carbocycles. The van der Waals surface area contributed by atoms with Gasteiger partial charge in [0.05, 0.1) is 5.69 Å². The summed E-state index contributed by atoms with van der Waals surface area (Å²) in [5.41, 5.74) is 1.73. The van der Waals surface area contributed by atoms with E-state index >= 15 is 0 Å². The van der Waals surface area contributed by atoms with Gasteiger partial charge in [0.1, 0.15) is 0 Å². The molecule has 4 rings (SSSR count). The molecular weight excluding hydrogens is 244 g/mol. The monoisotopic (exact) mass is 264 g/mol. The van der Waals surface area contributed by atoms with Crippen LogP contribution < -0.4 is 0 Å². The Morgan fingerprint density at radius 2 is 1.89 bits per heavy atom. The first-order valence-electron chi connectivity index (χ1n) is 6.70. The minimum atomic E-state index is 0.233. The second kappa shape index (κ2) is 4.49. The third-order valence-electron chi connectivity index (χ3n) is 5.10. The van der Waals surface area contributed by atoms with Gasteiger partial charge in [0, 0.05) is 18.2 Å². The van der Waals surface area contributed by atoms with Crippen molar-refractivity contribution in [2.75, 3.05) is 12.9 Å². The van der Waals surface area contributed by atoms with Gasteiger partial charge in [0.2, 0.25) is 0 Å². The van der Waals surface area contributed by atoms with E-state index in [1.807, 2.05) is 12.5 Å². The van der Waals surface area contributed by atoms with Gasteiger partial charge in [-0.15, -0.1) is 0 Å². The molecule has 1 aromatic rings. The normalized spacial score (nSPS) is 34.8. The average Bonchev–Trinajstić information content (AvgIpc) is 2.49. The van der Waals surface area contributed by atoms with Gasteiger partial charge >= 0.3 is 0 Å². The Morgan fingerprint density at radius 1 is 1.22 bits per heavy atom. The van der Waals surface area contributed by atoms with E-state index in [0.717, 1.165) is 24.4 Å². The molecule has 98 valence electrons. The van der Waals surface area contributed by atoms with Crippen LogP contribution in [0.5, 0.6) is 0 Å². The molecule has 0 radical (unpaired) electrons. The second-order valence-corrected chi connectivity index (χ2v) is 6.64. The third kappa shape index (κ3) is 1.86. The van der Waals surface area contributed by atoms with Crippen molar-refractivity contribution in [3.05, 3.63) is 18.0 Å². The molecular formula is C14H20N2OS. The van der Waals surface area contributed by atoms with Gasteiger partial charge in [0.15, 0.2) is 5.16 Å². The highest BCUT2D eigenvalue weighted by atomic mass is 32.2. The van der Waals surface area contributed by atoms with E-state index in [-0.39, 0.29) is 10.8 Å². The minimum Gasteiger partial charge on any atom is -0.396 e. The first-order chi connectivity index (χ1) is 8.72. The Balaban J connectivity index is 1.89. The zero-order chi connectivity index (χ0) is 12.6. The molecule has 0 saturated heterocycles. The highest BCUT2D eigenvalue weighted by Gasteiger charge is 2.49.